The molecule has 0 radical (unpaired) electrons. The van der Waals surface area contributed by atoms with Crippen LogP contribution in [0.15, 0.2) is 18.5 Å². The first kappa shape index (κ1) is 14.4. The monoisotopic (exact) mass is 318 g/mol. The number of benzene rings is 1. The number of halogens is 3. The highest BCUT2D eigenvalue weighted by molar-refractivity contribution is 6.41. The number of hydrogen-bond donors (Lipinski definition) is 1. The molecule has 102 valence electrons. The third-order valence-corrected chi connectivity index (χ3v) is 3.38. The van der Waals surface area contributed by atoms with Crippen LogP contribution in [0.5, 0.6) is 0 Å². The van der Waals surface area contributed by atoms with Crippen LogP contribution < -0.4 is 5.32 Å². The molecule has 1 N–H and O–H groups in total. The summed E-state index contributed by atoms with van der Waals surface area (Å²) < 4.78 is 1.85. The van der Waals surface area contributed by atoms with Crippen LogP contribution in [-0.2, 0) is 13.1 Å². The zero-order valence-corrected chi connectivity index (χ0v) is 12.6. The van der Waals surface area contributed by atoms with Crippen LogP contribution in [0.3, 0.4) is 0 Å². The van der Waals surface area contributed by atoms with Crippen molar-refractivity contribution >= 4 is 40.5 Å². The van der Waals surface area contributed by atoms with E-state index in [9.17, 15) is 0 Å². The zero-order valence-electron chi connectivity index (χ0n) is 10.3. The minimum atomic E-state index is 0.485. The van der Waals surface area contributed by atoms with Gasteiger partial charge in [-0.1, -0.05) is 41.7 Å². The number of aryl methyl sites for hydroxylation is 1. The van der Waals surface area contributed by atoms with Gasteiger partial charge in [-0.15, -0.1) is 0 Å². The number of nitrogens with zero attached hydrogens (tertiary/aromatic N) is 3. The molecule has 0 saturated heterocycles. The van der Waals surface area contributed by atoms with Crippen LogP contribution in [0, 0.1) is 0 Å². The Bertz CT molecular complexity index is 545. The molecule has 0 bridgehead atoms. The molecule has 0 spiro atoms. The van der Waals surface area contributed by atoms with E-state index < -0.39 is 0 Å². The van der Waals surface area contributed by atoms with Gasteiger partial charge in [-0.25, -0.2) is 9.67 Å². The highest BCUT2D eigenvalue weighted by Crippen LogP contribution is 2.33. The molecule has 0 atom stereocenters. The normalized spacial score (nSPS) is 10.7. The molecule has 0 aliphatic carbocycles. The van der Waals surface area contributed by atoms with Gasteiger partial charge in [0.1, 0.15) is 12.2 Å². The molecule has 0 aliphatic heterocycles. The Balaban J connectivity index is 2.12. The highest BCUT2D eigenvalue weighted by Gasteiger charge is 2.09. The molecule has 0 unspecified atom stereocenters. The van der Waals surface area contributed by atoms with E-state index in [1.54, 1.807) is 12.1 Å². The molecule has 1 aromatic heterocycles. The standard InChI is InChI=1S/C12H13Cl3N4/c1-2-3-19-11(17-7-18-19)6-16-12-9(14)4-8(13)5-10(12)15/h4-5,7,16H,2-3,6H2,1H3. The van der Waals surface area contributed by atoms with Crippen molar-refractivity contribution in [1.82, 2.24) is 14.8 Å². The van der Waals surface area contributed by atoms with E-state index in [2.05, 4.69) is 22.3 Å². The SMILES string of the molecule is CCCn1ncnc1CNc1c(Cl)cc(Cl)cc1Cl. The lowest BCUT2D eigenvalue weighted by atomic mass is 10.3. The van der Waals surface area contributed by atoms with Gasteiger partial charge in [0.15, 0.2) is 0 Å². The van der Waals surface area contributed by atoms with Gasteiger partial charge in [0.25, 0.3) is 0 Å². The first-order valence-electron chi connectivity index (χ1n) is 5.87. The molecular formula is C12H13Cl3N4. The number of anilines is 1. The van der Waals surface area contributed by atoms with Crippen LogP contribution in [0.1, 0.15) is 19.2 Å². The van der Waals surface area contributed by atoms with Crippen molar-refractivity contribution in [2.45, 2.75) is 26.4 Å². The van der Waals surface area contributed by atoms with Gasteiger partial charge in [-0.3, -0.25) is 0 Å². The molecule has 19 heavy (non-hydrogen) atoms. The van der Waals surface area contributed by atoms with E-state index in [1.807, 2.05) is 4.68 Å². The summed E-state index contributed by atoms with van der Waals surface area (Å²) in [5.41, 5.74) is 0.652. The van der Waals surface area contributed by atoms with Gasteiger partial charge in [-0.2, -0.15) is 5.10 Å². The van der Waals surface area contributed by atoms with Gasteiger partial charge in [0, 0.05) is 11.6 Å². The lowest BCUT2D eigenvalue weighted by Crippen LogP contribution is -2.10. The molecule has 2 rings (SSSR count). The van der Waals surface area contributed by atoms with Crippen molar-refractivity contribution in [3.63, 3.8) is 0 Å². The minimum absolute atomic E-state index is 0.485. The zero-order chi connectivity index (χ0) is 13.8. The highest BCUT2D eigenvalue weighted by atomic mass is 35.5. The fourth-order valence-corrected chi connectivity index (χ4v) is 2.65. The van der Waals surface area contributed by atoms with Crippen molar-refractivity contribution < 1.29 is 0 Å². The molecule has 0 amide bonds. The molecular weight excluding hydrogens is 307 g/mol. The van der Waals surface area contributed by atoms with Gasteiger partial charge in [0.2, 0.25) is 0 Å². The summed E-state index contributed by atoms with van der Waals surface area (Å²) in [6.07, 6.45) is 2.54. The number of rotatable bonds is 5. The molecule has 7 heteroatoms. The summed E-state index contributed by atoms with van der Waals surface area (Å²) in [4.78, 5) is 4.20. The number of hydrogen-bond acceptors (Lipinski definition) is 3. The average Bonchev–Trinajstić information content (AvgIpc) is 2.76. The predicted molar refractivity (Wildman–Crippen MR) is 79.1 cm³/mol. The summed E-state index contributed by atoms with van der Waals surface area (Å²) in [6, 6.07) is 3.29. The maximum absolute atomic E-state index is 6.10. The fraction of sp³-hybridized carbons (Fsp3) is 0.333. The topological polar surface area (TPSA) is 42.7 Å². The van der Waals surface area contributed by atoms with Crippen LogP contribution in [0.25, 0.3) is 0 Å². The fourth-order valence-electron chi connectivity index (χ4n) is 1.70. The van der Waals surface area contributed by atoms with Crippen molar-refractivity contribution in [3.05, 3.63) is 39.4 Å². The summed E-state index contributed by atoms with van der Waals surface area (Å²) >= 11 is 18.1. The largest absolute Gasteiger partial charge is 0.375 e. The second kappa shape index (κ2) is 6.46. The third-order valence-electron chi connectivity index (χ3n) is 2.56. The van der Waals surface area contributed by atoms with Crippen LogP contribution >= 0.6 is 34.8 Å². The first-order chi connectivity index (χ1) is 9.11. The molecule has 1 heterocycles. The second-order valence-electron chi connectivity index (χ2n) is 4.00. The Kier molecular flexibility index (Phi) is 4.91. The molecule has 0 saturated carbocycles. The molecule has 2 aromatic rings. The minimum Gasteiger partial charge on any atom is -0.375 e. The van der Waals surface area contributed by atoms with E-state index in [-0.39, 0.29) is 0 Å². The molecule has 4 nitrogen and oxygen atoms in total. The summed E-state index contributed by atoms with van der Waals surface area (Å²) in [7, 11) is 0. The maximum Gasteiger partial charge on any atom is 0.146 e. The molecule has 1 aromatic carbocycles. The van der Waals surface area contributed by atoms with Gasteiger partial charge >= 0.3 is 0 Å². The van der Waals surface area contributed by atoms with E-state index in [4.69, 9.17) is 34.8 Å². The lowest BCUT2D eigenvalue weighted by Gasteiger charge is -2.11. The summed E-state index contributed by atoms with van der Waals surface area (Å²) in [5.74, 6) is 0.837. The Morgan fingerprint density at radius 3 is 2.53 bits per heavy atom. The van der Waals surface area contributed by atoms with Gasteiger partial charge < -0.3 is 5.32 Å². The Morgan fingerprint density at radius 1 is 1.21 bits per heavy atom. The van der Waals surface area contributed by atoms with E-state index in [0.717, 1.165) is 18.8 Å². The van der Waals surface area contributed by atoms with Crippen LogP contribution in [0.4, 0.5) is 5.69 Å². The Hall–Kier alpha value is -0.970. The van der Waals surface area contributed by atoms with Gasteiger partial charge in [-0.05, 0) is 18.6 Å². The van der Waals surface area contributed by atoms with Crippen LogP contribution in [0.2, 0.25) is 15.1 Å². The van der Waals surface area contributed by atoms with Crippen molar-refractivity contribution in [3.8, 4) is 0 Å². The third kappa shape index (κ3) is 3.53. The molecule has 0 fully saturated rings. The first-order valence-corrected chi connectivity index (χ1v) is 7.00. The van der Waals surface area contributed by atoms with Gasteiger partial charge in [0.05, 0.1) is 22.3 Å². The second-order valence-corrected chi connectivity index (χ2v) is 5.25. The predicted octanol–water partition coefficient (Wildman–Crippen LogP) is 4.26. The average molecular weight is 320 g/mol. The number of nitrogens with one attached hydrogen (secondary N) is 1. The van der Waals surface area contributed by atoms with Crippen molar-refractivity contribution in [2.75, 3.05) is 5.32 Å². The lowest BCUT2D eigenvalue weighted by molar-refractivity contribution is 0.574. The van der Waals surface area contributed by atoms with Crippen molar-refractivity contribution in [2.24, 2.45) is 0 Å². The van der Waals surface area contributed by atoms with Crippen molar-refractivity contribution in [1.29, 1.82) is 0 Å². The van der Waals surface area contributed by atoms with Crippen LogP contribution in [-0.4, -0.2) is 14.8 Å². The van der Waals surface area contributed by atoms with E-state index in [0.29, 0.717) is 27.3 Å². The molecule has 0 aliphatic rings. The maximum atomic E-state index is 6.10. The summed E-state index contributed by atoms with van der Waals surface area (Å²) in [6.45, 7) is 3.42. The Morgan fingerprint density at radius 2 is 1.89 bits per heavy atom. The van der Waals surface area contributed by atoms with E-state index >= 15 is 0 Å². The van der Waals surface area contributed by atoms with E-state index in [1.165, 1.54) is 6.33 Å². The smallest absolute Gasteiger partial charge is 0.146 e. The quantitative estimate of drug-likeness (QED) is 0.895. The number of aromatic nitrogens is 3. The Labute approximate surface area is 126 Å². The summed E-state index contributed by atoms with van der Waals surface area (Å²) in [5, 5.41) is 8.80.